The van der Waals surface area contributed by atoms with E-state index in [0.29, 0.717) is 52.9 Å². The second kappa shape index (κ2) is 10.4. The lowest BCUT2D eigenvalue weighted by atomic mass is 10.0. The Balaban J connectivity index is 1.81. The van der Waals surface area contributed by atoms with Crippen LogP contribution in [0.4, 0.5) is 8.78 Å². The van der Waals surface area contributed by atoms with Crippen LogP contribution in [0.25, 0.3) is 28.0 Å². The standard InChI is InChI=1S/C25H27F2N5O3/c1-25(26,27)13-19(28)21-7-4-6-20(31-21)16-11-22-18(23(12-16)35-10-9-34-2)14-29-32(22)24-8-3-5-17(15-33)30-24/h3-8,11-12,14,19,33H,9-10,13,15,28H2,1-2H3. The van der Waals surface area contributed by atoms with Gasteiger partial charge in [-0.3, -0.25) is 4.98 Å². The molecule has 0 aliphatic heterocycles. The molecule has 184 valence electrons. The maximum absolute atomic E-state index is 13.5. The van der Waals surface area contributed by atoms with E-state index in [4.69, 9.17) is 15.2 Å². The summed E-state index contributed by atoms with van der Waals surface area (Å²) in [6.45, 7) is 1.36. The average Bonchev–Trinajstić information content (AvgIpc) is 3.27. The summed E-state index contributed by atoms with van der Waals surface area (Å²) in [5.74, 6) is -1.81. The molecule has 1 atom stereocenters. The normalized spacial score (nSPS) is 12.7. The van der Waals surface area contributed by atoms with Crippen LogP contribution in [0, 0.1) is 0 Å². The van der Waals surface area contributed by atoms with Gasteiger partial charge in [-0.15, -0.1) is 0 Å². The van der Waals surface area contributed by atoms with Gasteiger partial charge >= 0.3 is 0 Å². The first-order valence-corrected chi connectivity index (χ1v) is 11.1. The Labute approximate surface area is 201 Å². The van der Waals surface area contributed by atoms with Crippen LogP contribution in [0.2, 0.25) is 0 Å². The first-order valence-electron chi connectivity index (χ1n) is 11.1. The zero-order valence-corrected chi connectivity index (χ0v) is 19.5. The van der Waals surface area contributed by atoms with Crippen molar-refractivity contribution >= 4 is 10.9 Å². The minimum atomic E-state index is -2.90. The molecule has 3 heterocycles. The fourth-order valence-corrected chi connectivity index (χ4v) is 3.76. The van der Waals surface area contributed by atoms with Gasteiger partial charge in [0.2, 0.25) is 5.92 Å². The lowest BCUT2D eigenvalue weighted by Gasteiger charge is -2.17. The molecule has 3 N–H and O–H groups in total. The van der Waals surface area contributed by atoms with E-state index >= 15 is 0 Å². The number of nitrogens with two attached hydrogens (primary N) is 1. The predicted octanol–water partition coefficient (Wildman–Crippen LogP) is 4.05. The fourth-order valence-electron chi connectivity index (χ4n) is 3.76. The van der Waals surface area contributed by atoms with Gasteiger partial charge in [-0.1, -0.05) is 12.1 Å². The van der Waals surface area contributed by atoms with Crippen LogP contribution in [0.1, 0.15) is 30.8 Å². The second-order valence-corrected chi connectivity index (χ2v) is 8.28. The number of aromatic nitrogens is 4. The molecule has 10 heteroatoms. The third-order valence-electron chi connectivity index (χ3n) is 5.39. The van der Waals surface area contributed by atoms with E-state index in [1.807, 2.05) is 12.1 Å². The number of ether oxygens (including phenoxy) is 2. The number of pyridine rings is 2. The molecule has 0 amide bonds. The molecular formula is C25H27F2N5O3. The third kappa shape index (κ3) is 5.79. The van der Waals surface area contributed by atoms with Gasteiger partial charge in [-0.25, -0.2) is 18.4 Å². The first kappa shape index (κ1) is 24.6. The molecule has 0 spiro atoms. The topological polar surface area (TPSA) is 108 Å². The van der Waals surface area contributed by atoms with E-state index in [9.17, 15) is 13.9 Å². The summed E-state index contributed by atoms with van der Waals surface area (Å²) in [5.41, 5.74) is 8.85. The molecule has 8 nitrogen and oxygen atoms in total. The third-order valence-corrected chi connectivity index (χ3v) is 5.39. The van der Waals surface area contributed by atoms with Crippen LogP contribution < -0.4 is 10.5 Å². The van der Waals surface area contributed by atoms with E-state index in [-0.39, 0.29) is 6.61 Å². The lowest BCUT2D eigenvalue weighted by molar-refractivity contribution is 0.00580. The highest BCUT2D eigenvalue weighted by Gasteiger charge is 2.26. The number of methoxy groups -OCH3 is 1. The molecule has 0 fully saturated rings. The number of aliphatic hydroxyl groups excluding tert-OH is 1. The van der Waals surface area contributed by atoms with Crippen molar-refractivity contribution < 1.29 is 23.4 Å². The van der Waals surface area contributed by atoms with Crippen molar-refractivity contribution in [1.29, 1.82) is 0 Å². The van der Waals surface area contributed by atoms with E-state index < -0.39 is 18.4 Å². The molecule has 4 rings (SSSR count). The highest BCUT2D eigenvalue weighted by molar-refractivity contribution is 5.90. The molecule has 1 unspecified atom stereocenters. The van der Waals surface area contributed by atoms with Crippen molar-refractivity contribution in [2.75, 3.05) is 20.3 Å². The summed E-state index contributed by atoms with van der Waals surface area (Å²) in [6, 6.07) is 13.3. The number of benzene rings is 1. The van der Waals surface area contributed by atoms with Gasteiger partial charge in [-0.05, 0) is 43.3 Å². The smallest absolute Gasteiger partial charge is 0.247 e. The largest absolute Gasteiger partial charge is 0.490 e. The van der Waals surface area contributed by atoms with Crippen LogP contribution in [0.5, 0.6) is 5.75 Å². The molecule has 4 aromatic rings. The Morgan fingerprint density at radius 2 is 1.91 bits per heavy atom. The van der Waals surface area contributed by atoms with Crippen LogP contribution in [0.15, 0.2) is 54.7 Å². The van der Waals surface area contributed by atoms with Gasteiger partial charge < -0.3 is 20.3 Å². The fraction of sp³-hybridized carbons (Fsp3) is 0.320. The maximum atomic E-state index is 13.5. The van der Waals surface area contributed by atoms with Crippen LogP contribution in [-0.4, -0.2) is 51.1 Å². The molecule has 3 aromatic heterocycles. The molecule has 1 aromatic carbocycles. The summed E-state index contributed by atoms with van der Waals surface area (Å²) in [4.78, 5) is 9.02. The molecule has 35 heavy (non-hydrogen) atoms. The summed E-state index contributed by atoms with van der Waals surface area (Å²) >= 11 is 0. The monoisotopic (exact) mass is 483 g/mol. The second-order valence-electron chi connectivity index (χ2n) is 8.28. The van der Waals surface area contributed by atoms with Crippen LogP contribution >= 0.6 is 0 Å². The van der Waals surface area contributed by atoms with E-state index in [1.54, 1.807) is 54.4 Å². The van der Waals surface area contributed by atoms with Gasteiger partial charge in [0.05, 0.1) is 53.4 Å². The van der Waals surface area contributed by atoms with Crippen molar-refractivity contribution in [2.24, 2.45) is 5.73 Å². The molecule has 0 radical (unpaired) electrons. The Morgan fingerprint density at radius 1 is 1.11 bits per heavy atom. The van der Waals surface area contributed by atoms with Crippen molar-refractivity contribution in [3.63, 3.8) is 0 Å². The van der Waals surface area contributed by atoms with Crippen LogP contribution in [-0.2, 0) is 11.3 Å². The Morgan fingerprint density at radius 3 is 2.66 bits per heavy atom. The minimum absolute atomic E-state index is 0.197. The van der Waals surface area contributed by atoms with E-state index in [1.165, 1.54) is 0 Å². The molecule has 0 saturated heterocycles. The Bertz CT molecular complexity index is 1310. The lowest BCUT2D eigenvalue weighted by Crippen LogP contribution is -2.22. The van der Waals surface area contributed by atoms with Gasteiger partial charge in [0.15, 0.2) is 5.82 Å². The first-order chi connectivity index (χ1) is 16.8. The summed E-state index contributed by atoms with van der Waals surface area (Å²) in [5, 5.41) is 14.7. The molecular weight excluding hydrogens is 456 g/mol. The minimum Gasteiger partial charge on any atom is -0.490 e. The van der Waals surface area contributed by atoms with E-state index in [0.717, 1.165) is 12.3 Å². The highest BCUT2D eigenvalue weighted by atomic mass is 19.3. The number of aliphatic hydroxyl groups is 1. The molecule has 0 aliphatic rings. The SMILES string of the molecule is COCCOc1cc(-c2cccc(C(N)CC(C)(F)F)n2)cc2c1cnn2-c1cccc(CO)n1. The molecule has 0 aliphatic carbocycles. The van der Waals surface area contributed by atoms with Crippen molar-refractivity contribution in [2.45, 2.75) is 31.9 Å². The Hall–Kier alpha value is -3.47. The summed E-state index contributed by atoms with van der Waals surface area (Å²) < 4.78 is 39.8. The van der Waals surface area contributed by atoms with Crippen molar-refractivity contribution in [3.8, 4) is 22.8 Å². The average molecular weight is 484 g/mol. The van der Waals surface area contributed by atoms with Gasteiger partial charge in [0.1, 0.15) is 12.4 Å². The zero-order valence-electron chi connectivity index (χ0n) is 19.5. The zero-order chi connectivity index (χ0) is 25.0. The summed E-state index contributed by atoms with van der Waals surface area (Å²) in [6.07, 6.45) is 1.17. The summed E-state index contributed by atoms with van der Waals surface area (Å²) in [7, 11) is 1.59. The number of nitrogens with zero attached hydrogens (tertiary/aromatic N) is 4. The molecule has 0 bridgehead atoms. The van der Waals surface area contributed by atoms with E-state index in [2.05, 4.69) is 15.1 Å². The van der Waals surface area contributed by atoms with Crippen LogP contribution in [0.3, 0.4) is 0 Å². The van der Waals surface area contributed by atoms with Gasteiger partial charge in [0.25, 0.3) is 0 Å². The number of fused-ring (bicyclic) bond motifs is 1. The van der Waals surface area contributed by atoms with Gasteiger partial charge in [-0.2, -0.15) is 5.10 Å². The molecule has 0 saturated carbocycles. The Kier molecular flexibility index (Phi) is 7.34. The number of halogens is 2. The van der Waals surface area contributed by atoms with Crippen molar-refractivity contribution in [1.82, 2.24) is 19.7 Å². The number of hydrogen-bond donors (Lipinski definition) is 2. The number of hydrogen-bond acceptors (Lipinski definition) is 7. The predicted molar refractivity (Wildman–Crippen MR) is 128 cm³/mol. The maximum Gasteiger partial charge on any atom is 0.247 e. The van der Waals surface area contributed by atoms with Gasteiger partial charge in [0, 0.05) is 19.1 Å². The number of alkyl halides is 2. The van der Waals surface area contributed by atoms with Crippen molar-refractivity contribution in [3.05, 3.63) is 66.1 Å². The number of rotatable bonds is 10. The highest BCUT2D eigenvalue weighted by Crippen LogP contribution is 2.34. The quantitative estimate of drug-likeness (QED) is 0.328.